The monoisotopic (exact) mass is 451 g/mol. The summed E-state index contributed by atoms with van der Waals surface area (Å²) in [5.74, 6) is -0.00957. The topological polar surface area (TPSA) is 36.4 Å². The molecule has 0 atom stereocenters. The number of rotatable bonds is 6. The third-order valence-electron chi connectivity index (χ3n) is 4.86. The van der Waals surface area contributed by atoms with E-state index in [9.17, 15) is 4.79 Å². The summed E-state index contributed by atoms with van der Waals surface area (Å²) in [4.78, 5) is 22.1. The van der Waals surface area contributed by atoms with Crippen molar-refractivity contribution in [2.45, 2.75) is 27.2 Å². The van der Waals surface area contributed by atoms with Crippen molar-refractivity contribution in [3.63, 3.8) is 0 Å². The molecule has 0 fully saturated rings. The normalized spacial score (nSPS) is 11.0. The fourth-order valence-electron chi connectivity index (χ4n) is 3.12. The van der Waals surface area contributed by atoms with Crippen LogP contribution in [0.4, 0.5) is 5.13 Å². The van der Waals surface area contributed by atoms with Gasteiger partial charge in [-0.3, -0.25) is 9.69 Å². The smallest absolute Gasteiger partial charge is 0.260 e. The molecule has 1 amide bonds. The average Bonchev–Trinajstić information content (AvgIpc) is 3.04. The van der Waals surface area contributed by atoms with Crippen molar-refractivity contribution >= 4 is 56.6 Å². The summed E-state index contributed by atoms with van der Waals surface area (Å²) in [6.07, 6.45) is 0.874. The molecule has 29 heavy (non-hydrogen) atoms. The van der Waals surface area contributed by atoms with Crippen molar-refractivity contribution in [1.82, 2.24) is 9.88 Å². The van der Waals surface area contributed by atoms with Gasteiger partial charge in [0.15, 0.2) is 5.13 Å². The minimum atomic E-state index is -0.00957. The number of halogens is 2. The summed E-state index contributed by atoms with van der Waals surface area (Å²) in [6, 6.07) is 9.70. The van der Waals surface area contributed by atoms with Crippen LogP contribution in [0, 0.1) is 20.8 Å². The van der Waals surface area contributed by atoms with Gasteiger partial charge in [-0.25, -0.2) is 4.98 Å². The van der Waals surface area contributed by atoms with Gasteiger partial charge in [0.2, 0.25) is 0 Å². The zero-order valence-electron chi connectivity index (χ0n) is 17.5. The Morgan fingerprint density at radius 1 is 1.03 bits per heavy atom. The molecule has 0 unspecified atom stereocenters. The zero-order valence-corrected chi connectivity index (χ0v) is 19.8. The van der Waals surface area contributed by atoms with E-state index in [0.29, 0.717) is 17.1 Å². The predicted molar refractivity (Wildman–Crippen MR) is 127 cm³/mol. The van der Waals surface area contributed by atoms with E-state index in [0.717, 1.165) is 39.4 Å². The second-order valence-corrected chi connectivity index (χ2v) is 8.92. The second kappa shape index (κ2) is 9.90. The first-order chi connectivity index (χ1) is 13.3. The number of amides is 1. The molecule has 3 aromatic rings. The molecule has 0 bridgehead atoms. The van der Waals surface area contributed by atoms with Crippen LogP contribution in [-0.4, -0.2) is 43.0 Å². The van der Waals surface area contributed by atoms with E-state index in [1.807, 2.05) is 63.2 Å². The Morgan fingerprint density at radius 2 is 1.76 bits per heavy atom. The minimum Gasteiger partial charge on any atom is -0.309 e. The molecule has 2 aromatic carbocycles. The summed E-state index contributed by atoms with van der Waals surface area (Å²) in [6.45, 7) is 7.62. The van der Waals surface area contributed by atoms with Gasteiger partial charge in [0, 0.05) is 17.1 Å². The van der Waals surface area contributed by atoms with Crippen LogP contribution >= 0.6 is 35.3 Å². The molecule has 0 aliphatic rings. The fourth-order valence-corrected chi connectivity index (χ4v) is 4.56. The van der Waals surface area contributed by atoms with E-state index in [2.05, 4.69) is 11.8 Å². The van der Waals surface area contributed by atoms with Gasteiger partial charge in [-0.05, 0) is 88.8 Å². The van der Waals surface area contributed by atoms with Crippen LogP contribution in [-0.2, 0) is 0 Å². The van der Waals surface area contributed by atoms with Gasteiger partial charge in [0.1, 0.15) is 0 Å². The first-order valence-electron chi connectivity index (χ1n) is 9.37. The third kappa shape index (κ3) is 5.48. The molecular formula is C22H27Cl2N3OS. The molecule has 0 saturated carbocycles. The molecule has 0 spiro atoms. The van der Waals surface area contributed by atoms with E-state index in [1.165, 1.54) is 16.9 Å². The number of carbonyl (C=O) groups is 1. The predicted octanol–water partition coefficient (Wildman–Crippen LogP) is 5.90. The molecular weight excluding hydrogens is 425 g/mol. The molecule has 4 nitrogen and oxygen atoms in total. The SMILES string of the molecule is Cc1ccc(C(=O)N(CCCN(C)C)c2nc3c(C)cc(Cl)cc3s2)cc1C.Cl. The Labute approximate surface area is 187 Å². The van der Waals surface area contributed by atoms with Gasteiger partial charge >= 0.3 is 0 Å². The van der Waals surface area contributed by atoms with Gasteiger partial charge < -0.3 is 4.90 Å². The van der Waals surface area contributed by atoms with Crippen LogP contribution in [0.5, 0.6) is 0 Å². The van der Waals surface area contributed by atoms with E-state index < -0.39 is 0 Å². The van der Waals surface area contributed by atoms with Crippen LogP contribution in [0.2, 0.25) is 5.02 Å². The third-order valence-corrected chi connectivity index (χ3v) is 6.10. The van der Waals surface area contributed by atoms with Crippen molar-refractivity contribution in [3.8, 4) is 0 Å². The summed E-state index contributed by atoms with van der Waals surface area (Å²) in [5, 5.41) is 1.42. The largest absolute Gasteiger partial charge is 0.309 e. The Bertz CT molecular complexity index is 1020. The number of aromatic nitrogens is 1. The molecule has 0 radical (unpaired) electrons. The highest BCUT2D eigenvalue weighted by Gasteiger charge is 2.22. The maximum Gasteiger partial charge on any atom is 0.260 e. The fraction of sp³-hybridized carbons (Fsp3) is 0.364. The first-order valence-corrected chi connectivity index (χ1v) is 10.6. The lowest BCUT2D eigenvalue weighted by molar-refractivity contribution is 0.0986. The molecule has 1 aromatic heterocycles. The number of carbonyl (C=O) groups excluding carboxylic acids is 1. The Balaban J connectivity index is 0.00000300. The maximum atomic E-state index is 13.4. The molecule has 0 aliphatic heterocycles. The van der Waals surface area contributed by atoms with Crippen LogP contribution in [0.3, 0.4) is 0 Å². The molecule has 156 valence electrons. The lowest BCUT2D eigenvalue weighted by Gasteiger charge is -2.21. The van der Waals surface area contributed by atoms with Crippen molar-refractivity contribution in [2.75, 3.05) is 32.1 Å². The van der Waals surface area contributed by atoms with E-state index in [4.69, 9.17) is 16.6 Å². The molecule has 0 aliphatic carbocycles. The zero-order chi connectivity index (χ0) is 20.4. The lowest BCUT2D eigenvalue weighted by Crippen LogP contribution is -2.33. The Kier molecular flexibility index (Phi) is 8.06. The van der Waals surface area contributed by atoms with Crippen molar-refractivity contribution < 1.29 is 4.79 Å². The number of fused-ring (bicyclic) bond motifs is 1. The van der Waals surface area contributed by atoms with Crippen LogP contribution in [0.25, 0.3) is 10.2 Å². The Morgan fingerprint density at radius 3 is 2.41 bits per heavy atom. The highest BCUT2D eigenvalue weighted by Crippen LogP contribution is 2.33. The van der Waals surface area contributed by atoms with E-state index >= 15 is 0 Å². The summed E-state index contributed by atoms with van der Waals surface area (Å²) < 4.78 is 1.01. The Hall–Kier alpha value is -1.66. The van der Waals surface area contributed by atoms with Crippen molar-refractivity contribution in [2.24, 2.45) is 0 Å². The highest BCUT2D eigenvalue weighted by molar-refractivity contribution is 7.22. The number of hydrogen-bond acceptors (Lipinski definition) is 4. The average molecular weight is 452 g/mol. The molecule has 7 heteroatoms. The van der Waals surface area contributed by atoms with E-state index in [-0.39, 0.29) is 18.3 Å². The van der Waals surface area contributed by atoms with Crippen LogP contribution < -0.4 is 4.90 Å². The summed E-state index contributed by atoms with van der Waals surface area (Å²) in [5.41, 5.74) is 4.93. The number of hydrogen-bond donors (Lipinski definition) is 0. The molecule has 1 heterocycles. The number of nitrogens with zero attached hydrogens (tertiary/aromatic N) is 3. The number of thiazole rings is 1. The van der Waals surface area contributed by atoms with Crippen molar-refractivity contribution in [3.05, 3.63) is 57.6 Å². The standard InChI is InChI=1S/C22H26ClN3OS.ClH/c1-14-7-8-17(11-15(14)2)21(27)26(10-6-9-25(4)5)22-24-20-16(3)12-18(23)13-19(20)28-22;/h7-8,11-13H,6,9-10H2,1-5H3;1H. The van der Waals surface area contributed by atoms with Gasteiger partial charge in [0.25, 0.3) is 5.91 Å². The highest BCUT2D eigenvalue weighted by atomic mass is 35.5. The van der Waals surface area contributed by atoms with Gasteiger partial charge in [-0.1, -0.05) is 29.0 Å². The van der Waals surface area contributed by atoms with Crippen molar-refractivity contribution in [1.29, 1.82) is 0 Å². The summed E-state index contributed by atoms with van der Waals surface area (Å²) in [7, 11) is 4.08. The lowest BCUT2D eigenvalue weighted by atomic mass is 10.1. The quantitative estimate of drug-likeness (QED) is 0.468. The number of benzene rings is 2. The molecule has 0 N–H and O–H groups in total. The second-order valence-electron chi connectivity index (χ2n) is 7.48. The molecule has 0 saturated heterocycles. The van der Waals surface area contributed by atoms with Gasteiger partial charge in [-0.2, -0.15) is 0 Å². The molecule has 3 rings (SSSR count). The minimum absolute atomic E-state index is 0. The van der Waals surface area contributed by atoms with E-state index in [1.54, 1.807) is 0 Å². The van der Waals surface area contributed by atoms with Crippen LogP contribution in [0.15, 0.2) is 30.3 Å². The van der Waals surface area contributed by atoms with Crippen LogP contribution in [0.1, 0.15) is 33.5 Å². The summed E-state index contributed by atoms with van der Waals surface area (Å²) >= 11 is 7.73. The maximum absolute atomic E-state index is 13.4. The van der Waals surface area contributed by atoms with Gasteiger partial charge in [0.05, 0.1) is 10.2 Å². The number of aryl methyl sites for hydroxylation is 3. The first kappa shape index (κ1) is 23.6. The number of anilines is 1. The van der Waals surface area contributed by atoms with Gasteiger partial charge in [-0.15, -0.1) is 12.4 Å².